The molecule has 8 heteroatoms. The molecule has 0 aliphatic rings. The summed E-state index contributed by atoms with van der Waals surface area (Å²) in [6, 6.07) is 13.6. The fraction of sp³-hybridized carbons (Fsp3) is 0.227. The van der Waals surface area contributed by atoms with Crippen LogP contribution in [-0.2, 0) is 17.0 Å². The lowest BCUT2D eigenvalue weighted by Gasteiger charge is -2.04. The summed E-state index contributed by atoms with van der Waals surface area (Å²) >= 11 is 3.10. The Bertz CT molecular complexity index is 1150. The molecular weight excluding hydrogens is 416 g/mol. The number of carbonyl (C=O) groups is 1. The minimum atomic E-state index is -0.0604. The molecule has 0 saturated carbocycles. The van der Waals surface area contributed by atoms with Crippen molar-refractivity contribution in [3.05, 3.63) is 64.1 Å². The molecule has 154 valence electrons. The van der Waals surface area contributed by atoms with Crippen LogP contribution in [0.5, 0.6) is 5.75 Å². The second-order valence-electron chi connectivity index (χ2n) is 6.77. The zero-order valence-electron chi connectivity index (χ0n) is 16.8. The number of amides is 1. The molecule has 0 saturated heterocycles. The van der Waals surface area contributed by atoms with Gasteiger partial charge in [-0.1, -0.05) is 29.5 Å². The number of benzene rings is 2. The van der Waals surface area contributed by atoms with Crippen LogP contribution in [0.4, 0.5) is 5.69 Å². The number of nitrogens with one attached hydrogen (secondary N) is 2. The molecule has 0 atom stereocenters. The maximum atomic E-state index is 12.3. The Kier molecular flexibility index (Phi) is 6.35. The molecule has 2 aromatic heterocycles. The first-order chi connectivity index (χ1) is 14.6. The summed E-state index contributed by atoms with van der Waals surface area (Å²) in [5.41, 5.74) is 4.77. The van der Waals surface area contributed by atoms with Crippen molar-refractivity contribution in [2.75, 3.05) is 11.9 Å². The van der Waals surface area contributed by atoms with Crippen molar-refractivity contribution in [1.82, 2.24) is 15.0 Å². The molecule has 4 rings (SSSR count). The van der Waals surface area contributed by atoms with Gasteiger partial charge in [-0.15, -0.1) is 11.3 Å². The smallest absolute Gasteiger partial charge is 0.231 e. The summed E-state index contributed by atoms with van der Waals surface area (Å²) in [6.45, 7) is 4.62. The van der Waals surface area contributed by atoms with Crippen molar-refractivity contribution < 1.29 is 9.53 Å². The lowest BCUT2D eigenvalue weighted by molar-refractivity contribution is -0.115. The zero-order chi connectivity index (χ0) is 20.9. The number of fused-ring (bicyclic) bond motifs is 1. The van der Waals surface area contributed by atoms with Gasteiger partial charge < -0.3 is 15.0 Å². The molecule has 0 bridgehead atoms. The molecule has 0 radical (unpaired) electrons. The van der Waals surface area contributed by atoms with Gasteiger partial charge in [0, 0.05) is 22.9 Å². The highest BCUT2D eigenvalue weighted by Gasteiger charge is 2.10. The Morgan fingerprint density at radius 2 is 2.03 bits per heavy atom. The molecule has 4 aromatic rings. The number of nitrogens with zero attached hydrogens (tertiary/aromatic N) is 2. The topological polar surface area (TPSA) is 79.9 Å². The normalized spacial score (nSPS) is 11.0. The van der Waals surface area contributed by atoms with Crippen LogP contribution in [0.2, 0.25) is 0 Å². The number of rotatable bonds is 8. The first-order valence-corrected chi connectivity index (χ1v) is 11.5. The van der Waals surface area contributed by atoms with Crippen LogP contribution < -0.4 is 10.1 Å². The third-order valence-corrected chi connectivity index (χ3v) is 6.15. The molecule has 0 spiro atoms. The summed E-state index contributed by atoms with van der Waals surface area (Å²) in [7, 11) is 0. The summed E-state index contributed by atoms with van der Waals surface area (Å²) in [6.07, 6.45) is 0.272. The van der Waals surface area contributed by atoms with Crippen molar-refractivity contribution in [2.24, 2.45) is 0 Å². The minimum Gasteiger partial charge on any atom is -0.494 e. The number of aromatic nitrogens is 3. The van der Waals surface area contributed by atoms with Gasteiger partial charge in [-0.2, -0.15) is 0 Å². The highest BCUT2D eigenvalue weighted by molar-refractivity contribution is 7.98. The van der Waals surface area contributed by atoms with Crippen LogP contribution in [0.15, 0.2) is 53.0 Å². The molecule has 0 aliphatic carbocycles. The van der Waals surface area contributed by atoms with E-state index >= 15 is 0 Å². The fourth-order valence-corrected chi connectivity index (χ4v) is 4.58. The maximum absolute atomic E-state index is 12.3. The predicted octanol–water partition coefficient (Wildman–Crippen LogP) is 5.20. The fourth-order valence-electron chi connectivity index (χ4n) is 2.91. The van der Waals surface area contributed by atoms with E-state index in [4.69, 9.17) is 4.74 Å². The number of hydrogen-bond acceptors (Lipinski definition) is 6. The summed E-state index contributed by atoms with van der Waals surface area (Å²) in [4.78, 5) is 24.8. The molecule has 2 aromatic carbocycles. The SMILES string of the molecule is CCOc1ccc2nc(SCc3csc(CC(=O)Nc4ccc(C)cc4)n3)[nH]c2c1. The van der Waals surface area contributed by atoms with E-state index in [2.05, 4.69) is 20.3 Å². The van der Waals surface area contributed by atoms with Crippen molar-refractivity contribution in [3.63, 3.8) is 0 Å². The lowest BCUT2D eigenvalue weighted by atomic mass is 10.2. The van der Waals surface area contributed by atoms with Crippen LogP contribution in [0.25, 0.3) is 11.0 Å². The van der Waals surface area contributed by atoms with Crippen LogP contribution in [0.1, 0.15) is 23.2 Å². The van der Waals surface area contributed by atoms with Crippen molar-refractivity contribution in [3.8, 4) is 5.75 Å². The van der Waals surface area contributed by atoms with Crippen LogP contribution in [-0.4, -0.2) is 27.5 Å². The third-order valence-electron chi connectivity index (χ3n) is 4.35. The first kappa shape index (κ1) is 20.4. The van der Waals surface area contributed by atoms with E-state index in [9.17, 15) is 4.79 Å². The van der Waals surface area contributed by atoms with E-state index in [1.165, 1.54) is 11.3 Å². The Labute approximate surface area is 183 Å². The molecule has 30 heavy (non-hydrogen) atoms. The summed E-state index contributed by atoms with van der Waals surface area (Å²) in [5.74, 6) is 1.46. The van der Waals surface area contributed by atoms with Gasteiger partial charge in [0.25, 0.3) is 0 Å². The molecule has 0 unspecified atom stereocenters. The molecule has 6 nitrogen and oxygen atoms in total. The molecule has 0 aliphatic heterocycles. The second kappa shape index (κ2) is 9.32. The van der Waals surface area contributed by atoms with Crippen LogP contribution in [0.3, 0.4) is 0 Å². The number of hydrogen-bond donors (Lipinski definition) is 2. The van der Waals surface area contributed by atoms with Crippen molar-refractivity contribution in [2.45, 2.75) is 31.2 Å². The highest BCUT2D eigenvalue weighted by Crippen LogP contribution is 2.26. The van der Waals surface area contributed by atoms with Gasteiger partial charge in [-0.05, 0) is 38.1 Å². The van der Waals surface area contributed by atoms with Gasteiger partial charge in [0.2, 0.25) is 5.91 Å². The van der Waals surface area contributed by atoms with Gasteiger partial charge >= 0.3 is 0 Å². The van der Waals surface area contributed by atoms with Gasteiger partial charge in [0.15, 0.2) is 5.16 Å². The Morgan fingerprint density at radius 3 is 2.83 bits per heavy atom. The van der Waals surface area contributed by atoms with Gasteiger partial charge in [-0.3, -0.25) is 4.79 Å². The van der Waals surface area contributed by atoms with E-state index in [0.29, 0.717) is 12.4 Å². The molecule has 1 amide bonds. The molecule has 2 heterocycles. The van der Waals surface area contributed by atoms with Gasteiger partial charge in [0.1, 0.15) is 10.8 Å². The zero-order valence-corrected chi connectivity index (χ0v) is 18.4. The van der Waals surface area contributed by atoms with E-state index in [1.807, 2.05) is 61.7 Å². The number of anilines is 1. The number of aryl methyl sites for hydroxylation is 1. The standard InChI is InChI=1S/C22H22N4O2S2/c1-3-28-17-8-9-18-19(10-17)26-22(25-18)30-13-16-12-29-21(24-16)11-20(27)23-15-6-4-14(2)5-7-15/h4-10,12H,3,11,13H2,1-2H3,(H,23,27)(H,25,26). The number of thiazole rings is 1. The lowest BCUT2D eigenvalue weighted by Crippen LogP contribution is -2.14. The summed E-state index contributed by atoms with van der Waals surface area (Å²) in [5, 5.41) is 6.55. The van der Waals surface area contributed by atoms with Crippen molar-refractivity contribution >= 4 is 45.7 Å². The van der Waals surface area contributed by atoms with E-state index < -0.39 is 0 Å². The average molecular weight is 439 g/mol. The number of thioether (sulfide) groups is 1. The minimum absolute atomic E-state index is 0.0604. The van der Waals surface area contributed by atoms with Crippen LogP contribution >= 0.6 is 23.1 Å². The Hall–Kier alpha value is -2.84. The monoisotopic (exact) mass is 438 g/mol. The Balaban J connectivity index is 1.32. The predicted molar refractivity (Wildman–Crippen MR) is 122 cm³/mol. The summed E-state index contributed by atoms with van der Waals surface area (Å²) < 4.78 is 5.53. The van der Waals surface area contributed by atoms with E-state index in [0.717, 1.165) is 43.9 Å². The first-order valence-electron chi connectivity index (χ1n) is 9.64. The number of ether oxygens (including phenoxy) is 1. The number of imidazole rings is 1. The largest absolute Gasteiger partial charge is 0.494 e. The van der Waals surface area contributed by atoms with E-state index in [1.54, 1.807) is 11.8 Å². The van der Waals surface area contributed by atoms with Gasteiger partial charge in [-0.25, -0.2) is 9.97 Å². The number of H-pyrrole nitrogens is 1. The van der Waals surface area contributed by atoms with Crippen LogP contribution in [0, 0.1) is 6.92 Å². The second-order valence-corrected chi connectivity index (χ2v) is 8.67. The Morgan fingerprint density at radius 1 is 1.20 bits per heavy atom. The number of carbonyl (C=O) groups excluding carboxylic acids is 1. The third kappa shape index (κ3) is 5.20. The van der Waals surface area contributed by atoms with Crippen molar-refractivity contribution in [1.29, 1.82) is 0 Å². The number of aromatic amines is 1. The molecule has 0 fully saturated rings. The molecule has 2 N–H and O–H groups in total. The average Bonchev–Trinajstić information content (AvgIpc) is 3.34. The quantitative estimate of drug-likeness (QED) is 0.370. The molecular formula is C22H22N4O2S2. The highest BCUT2D eigenvalue weighted by atomic mass is 32.2. The maximum Gasteiger partial charge on any atom is 0.231 e. The van der Waals surface area contributed by atoms with E-state index in [-0.39, 0.29) is 12.3 Å². The van der Waals surface area contributed by atoms with Gasteiger partial charge in [0.05, 0.1) is 29.8 Å².